The summed E-state index contributed by atoms with van der Waals surface area (Å²) in [6.07, 6.45) is 0.329. The zero-order valence-electron chi connectivity index (χ0n) is 12.8. The van der Waals surface area contributed by atoms with Crippen LogP contribution in [-0.4, -0.2) is 11.9 Å². The normalized spacial score (nSPS) is 13.9. The summed E-state index contributed by atoms with van der Waals surface area (Å²) < 4.78 is 13.6. The van der Waals surface area contributed by atoms with Crippen LogP contribution in [0.5, 0.6) is 0 Å². The Balaban J connectivity index is 1.67. The summed E-state index contributed by atoms with van der Waals surface area (Å²) in [6.45, 7) is 1.81. The fourth-order valence-corrected chi connectivity index (χ4v) is 2.72. The van der Waals surface area contributed by atoms with E-state index in [1.165, 1.54) is 18.2 Å². The molecule has 124 valence electrons. The van der Waals surface area contributed by atoms with E-state index in [0.717, 1.165) is 16.8 Å². The number of rotatable bonds is 3. The predicted molar refractivity (Wildman–Crippen MR) is 90.8 cm³/mol. The molecule has 1 heterocycles. The molecule has 0 bridgehead atoms. The van der Waals surface area contributed by atoms with E-state index in [1.807, 2.05) is 18.2 Å². The van der Waals surface area contributed by atoms with Gasteiger partial charge in [-0.25, -0.2) is 9.18 Å². The zero-order chi connectivity index (χ0) is 17.3. The van der Waals surface area contributed by atoms with Crippen LogP contribution in [-0.2, 0) is 11.2 Å². The molecule has 3 amide bonds. The molecule has 2 aromatic carbocycles. The molecule has 0 fully saturated rings. The number of hydrogen-bond acceptors (Lipinski definition) is 2. The average Bonchev–Trinajstić information content (AvgIpc) is 2.89. The number of fused-ring (bicyclic) bond motifs is 1. The van der Waals surface area contributed by atoms with Crippen molar-refractivity contribution in [2.45, 2.75) is 19.4 Å². The van der Waals surface area contributed by atoms with Gasteiger partial charge < -0.3 is 16.0 Å². The second kappa shape index (κ2) is 6.49. The maximum absolute atomic E-state index is 13.6. The van der Waals surface area contributed by atoms with Crippen molar-refractivity contribution in [3.8, 4) is 0 Å². The highest BCUT2D eigenvalue weighted by Crippen LogP contribution is 2.26. The minimum atomic E-state index is -0.565. The quantitative estimate of drug-likeness (QED) is 0.789. The van der Waals surface area contributed by atoms with E-state index in [-0.39, 0.29) is 17.6 Å². The lowest BCUT2D eigenvalue weighted by Crippen LogP contribution is -2.31. The second-order valence-electron chi connectivity index (χ2n) is 5.59. The minimum Gasteiger partial charge on any atom is -0.331 e. The molecule has 0 saturated heterocycles. The summed E-state index contributed by atoms with van der Waals surface area (Å²) in [5.41, 5.74) is 2.55. The number of amides is 3. The third kappa shape index (κ3) is 3.49. The van der Waals surface area contributed by atoms with Gasteiger partial charge in [0.25, 0.3) is 0 Å². The first kappa shape index (κ1) is 16.3. The van der Waals surface area contributed by atoms with Gasteiger partial charge in [-0.05, 0) is 42.3 Å². The molecule has 0 saturated carbocycles. The number of halogens is 2. The lowest BCUT2D eigenvalue weighted by Gasteiger charge is -2.16. The summed E-state index contributed by atoms with van der Waals surface area (Å²) in [5, 5.41) is 8.25. The highest BCUT2D eigenvalue weighted by Gasteiger charge is 2.19. The molecule has 7 heteroatoms. The number of hydrogen-bond donors (Lipinski definition) is 3. The molecule has 0 aliphatic carbocycles. The van der Waals surface area contributed by atoms with Crippen LogP contribution in [0.1, 0.15) is 24.1 Å². The molecule has 3 rings (SSSR count). The number of benzene rings is 2. The van der Waals surface area contributed by atoms with Gasteiger partial charge >= 0.3 is 6.03 Å². The molecule has 2 aromatic rings. The molecule has 5 nitrogen and oxygen atoms in total. The van der Waals surface area contributed by atoms with Crippen LogP contribution in [0.25, 0.3) is 0 Å². The summed E-state index contributed by atoms with van der Waals surface area (Å²) in [5.74, 6) is -0.610. The Morgan fingerprint density at radius 3 is 2.88 bits per heavy atom. The van der Waals surface area contributed by atoms with Crippen molar-refractivity contribution in [2.24, 2.45) is 0 Å². The first-order valence-electron chi connectivity index (χ1n) is 7.37. The number of anilines is 2. The van der Waals surface area contributed by atoms with E-state index in [2.05, 4.69) is 16.0 Å². The largest absolute Gasteiger partial charge is 0.331 e. The van der Waals surface area contributed by atoms with Crippen LogP contribution < -0.4 is 16.0 Å². The molecule has 24 heavy (non-hydrogen) atoms. The number of nitrogens with one attached hydrogen (secondary N) is 3. The highest BCUT2D eigenvalue weighted by molar-refractivity contribution is 6.30. The monoisotopic (exact) mass is 347 g/mol. The highest BCUT2D eigenvalue weighted by atomic mass is 35.5. The minimum absolute atomic E-state index is 0.0101. The Kier molecular flexibility index (Phi) is 4.40. The van der Waals surface area contributed by atoms with Gasteiger partial charge in [0.05, 0.1) is 18.2 Å². The van der Waals surface area contributed by atoms with E-state index >= 15 is 0 Å². The van der Waals surface area contributed by atoms with E-state index in [9.17, 15) is 14.0 Å². The Hall–Kier alpha value is -2.60. The van der Waals surface area contributed by atoms with Crippen molar-refractivity contribution in [3.63, 3.8) is 0 Å². The van der Waals surface area contributed by atoms with Crippen LogP contribution in [0.4, 0.5) is 20.6 Å². The molecule has 0 aromatic heterocycles. The fraction of sp³-hybridized carbons (Fsp3) is 0.176. The van der Waals surface area contributed by atoms with Gasteiger partial charge in [0.2, 0.25) is 5.91 Å². The van der Waals surface area contributed by atoms with Crippen molar-refractivity contribution < 1.29 is 14.0 Å². The lowest BCUT2D eigenvalue weighted by atomic mass is 10.0. The Morgan fingerprint density at radius 2 is 2.08 bits per heavy atom. The van der Waals surface area contributed by atoms with Crippen molar-refractivity contribution >= 4 is 34.9 Å². The van der Waals surface area contributed by atoms with Gasteiger partial charge in [-0.2, -0.15) is 0 Å². The average molecular weight is 348 g/mol. The van der Waals surface area contributed by atoms with Gasteiger partial charge in [0.1, 0.15) is 5.82 Å². The molecular formula is C17H15ClFN3O2. The Bertz CT molecular complexity index is 825. The second-order valence-corrected chi connectivity index (χ2v) is 6.02. The van der Waals surface area contributed by atoms with Crippen LogP contribution >= 0.6 is 11.6 Å². The van der Waals surface area contributed by atoms with Crippen molar-refractivity contribution in [2.75, 3.05) is 10.6 Å². The van der Waals surface area contributed by atoms with E-state index in [0.29, 0.717) is 11.4 Å². The molecule has 1 atom stereocenters. The van der Waals surface area contributed by atoms with Crippen molar-refractivity contribution in [1.29, 1.82) is 0 Å². The topological polar surface area (TPSA) is 70.2 Å². The van der Waals surface area contributed by atoms with Gasteiger partial charge in [0, 0.05) is 10.7 Å². The van der Waals surface area contributed by atoms with Gasteiger partial charge in [0.15, 0.2) is 0 Å². The summed E-state index contributed by atoms with van der Waals surface area (Å²) in [7, 11) is 0. The Labute approximate surface area is 143 Å². The standard InChI is InChI=1S/C17H15ClFN3O2/c1-9(10-2-5-14-11(6-10)7-16(23)21-14)20-17(24)22-15-8-12(18)3-4-13(15)19/h2-6,8-9H,7H2,1H3,(H,21,23)(H2,20,22,24). The van der Waals surface area contributed by atoms with Crippen molar-refractivity contribution in [1.82, 2.24) is 5.32 Å². The van der Waals surface area contributed by atoms with Crippen molar-refractivity contribution in [3.05, 3.63) is 58.4 Å². The summed E-state index contributed by atoms with van der Waals surface area (Å²) in [4.78, 5) is 23.4. The smallest absolute Gasteiger partial charge is 0.319 e. The summed E-state index contributed by atoms with van der Waals surface area (Å²) in [6, 6.07) is 8.59. The molecule has 1 aliphatic heterocycles. The van der Waals surface area contributed by atoms with Gasteiger partial charge in [-0.15, -0.1) is 0 Å². The van der Waals surface area contributed by atoms with Crippen LogP contribution in [0.3, 0.4) is 0 Å². The molecule has 0 radical (unpaired) electrons. The maximum atomic E-state index is 13.6. The lowest BCUT2D eigenvalue weighted by molar-refractivity contribution is -0.115. The van der Waals surface area contributed by atoms with E-state index < -0.39 is 11.8 Å². The molecule has 3 N–H and O–H groups in total. The first-order chi connectivity index (χ1) is 11.4. The Morgan fingerprint density at radius 1 is 1.29 bits per heavy atom. The van der Waals surface area contributed by atoms with Gasteiger partial charge in [-0.3, -0.25) is 4.79 Å². The third-order valence-electron chi connectivity index (χ3n) is 3.78. The van der Waals surface area contributed by atoms with E-state index in [4.69, 9.17) is 11.6 Å². The molecule has 1 unspecified atom stereocenters. The number of carbonyl (C=O) groups excluding carboxylic acids is 2. The zero-order valence-corrected chi connectivity index (χ0v) is 13.6. The molecule has 0 spiro atoms. The number of urea groups is 1. The number of carbonyl (C=O) groups is 2. The molecular weight excluding hydrogens is 333 g/mol. The third-order valence-corrected chi connectivity index (χ3v) is 4.01. The fourth-order valence-electron chi connectivity index (χ4n) is 2.55. The van der Waals surface area contributed by atoms with E-state index in [1.54, 1.807) is 6.92 Å². The van der Waals surface area contributed by atoms with Crippen LogP contribution in [0.2, 0.25) is 5.02 Å². The van der Waals surface area contributed by atoms with Crippen LogP contribution in [0.15, 0.2) is 36.4 Å². The molecule has 1 aliphatic rings. The van der Waals surface area contributed by atoms with Crippen LogP contribution in [0, 0.1) is 5.82 Å². The summed E-state index contributed by atoms with van der Waals surface area (Å²) >= 11 is 5.80. The predicted octanol–water partition coefficient (Wildman–Crippen LogP) is 3.86. The van der Waals surface area contributed by atoms with Gasteiger partial charge in [-0.1, -0.05) is 23.7 Å². The first-order valence-corrected chi connectivity index (χ1v) is 7.75. The maximum Gasteiger partial charge on any atom is 0.319 e. The SMILES string of the molecule is CC(NC(=O)Nc1cc(Cl)ccc1F)c1ccc2c(c1)CC(=O)N2.